The summed E-state index contributed by atoms with van der Waals surface area (Å²) in [4.78, 5) is 25.7. The minimum Gasteiger partial charge on any atom is -0.455 e. The van der Waals surface area contributed by atoms with Gasteiger partial charge in [0.1, 0.15) is 32.0 Å². The lowest BCUT2D eigenvalue weighted by atomic mass is 9.99. The molecular formula is C88H47ClN6O2S4. The Balaban J connectivity index is 0.000000106. The van der Waals surface area contributed by atoms with Crippen LogP contribution in [-0.4, -0.2) is 29.5 Å². The molecule has 0 amide bonds. The zero-order valence-electron chi connectivity index (χ0n) is 53.1. The van der Waals surface area contributed by atoms with Crippen molar-refractivity contribution in [1.29, 1.82) is 0 Å². The number of nitrogens with one attached hydrogen (secondary N) is 1. The Morgan fingerprint density at radius 2 is 0.713 bits per heavy atom. The molecule has 0 radical (unpaired) electrons. The zero-order chi connectivity index (χ0) is 66.1. The third-order valence-corrected chi connectivity index (χ3v) is 24.8. The van der Waals surface area contributed by atoms with E-state index in [1.165, 1.54) is 104 Å². The van der Waals surface area contributed by atoms with Crippen LogP contribution in [0.5, 0.6) is 0 Å². The van der Waals surface area contributed by atoms with E-state index >= 15 is 0 Å². The van der Waals surface area contributed by atoms with Crippen molar-refractivity contribution >= 4 is 247 Å². The molecule has 101 heavy (non-hydrogen) atoms. The van der Waals surface area contributed by atoms with Crippen LogP contribution in [0.1, 0.15) is 0 Å². The fourth-order valence-electron chi connectivity index (χ4n) is 15.9. The van der Waals surface area contributed by atoms with Gasteiger partial charge in [0.15, 0.2) is 0 Å². The molecular weight excluding hydrogens is 1340 g/mol. The number of hydrogen-bond acceptors (Lipinski definition) is 10. The third-order valence-electron chi connectivity index (χ3n) is 20.1. The van der Waals surface area contributed by atoms with Gasteiger partial charge in [0.2, 0.25) is 11.2 Å². The van der Waals surface area contributed by atoms with Gasteiger partial charge in [-0.05, 0) is 93.8 Å². The van der Waals surface area contributed by atoms with Crippen LogP contribution < -0.4 is 0 Å². The van der Waals surface area contributed by atoms with Crippen LogP contribution in [0.3, 0.4) is 0 Å². The maximum atomic E-state index is 6.62. The van der Waals surface area contributed by atoms with Gasteiger partial charge in [-0.25, -0.2) is 19.9 Å². The lowest BCUT2D eigenvalue weighted by Crippen LogP contribution is -2.03. The molecule has 0 aliphatic carbocycles. The number of benzene rings is 14. The molecule has 472 valence electrons. The monoisotopic (exact) mass is 1380 g/mol. The highest BCUT2D eigenvalue weighted by molar-refractivity contribution is 7.27. The molecule has 0 saturated carbocycles. The second-order valence-corrected chi connectivity index (χ2v) is 30.0. The largest absolute Gasteiger partial charge is 0.455 e. The molecule has 0 fully saturated rings. The summed E-state index contributed by atoms with van der Waals surface area (Å²) in [5.41, 5.74) is 11.7. The molecule has 24 rings (SSSR count). The maximum Gasteiger partial charge on any atom is 0.236 e. The highest BCUT2D eigenvalue weighted by Crippen LogP contribution is 2.51. The third kappa shape index (κ3) is 8.45. The Labute approximate surface area is 593 Å². The fourth-order valence-corrected chi connectivity index (χ4v) is 20.7. The lowest BCUT2D eigenvalue weighted by molar-refractivity contribution is 0.669. The average molecular weight is 1380 g/mol. The highest BCUT2D eigenvalue weighted by atomic mass is 35.5. The van der Waals surface area contributed by atoms with Gasteiger partial charge in [-0.2, -0.15) is 0 Å². The van der Waals surface area contributed by atoms with Crippen molar-refractivity contribution in [3.63, 3.8) is 0 Å². The van der Waals surface area contributed by atoms with Crippen molar-refractivity contribution in [3.8, 4) is 28.5 Å². The average Bonchev–Trinajstić information content (AvgIpc) is 1.55. The first-order valence-electron chi connectivity index (χ1n) is 33.4. The number of aromatic amines is 1. The molecule has 8 nitrogen and oxygen atoms in total. The summed E-state index contributed by atoms with van der Waals surface area (Å²) in [6, 6.07) is 98.2. The van der Waals surface area contributed by atoms with Crippen molar-refractivity contribution in [3.05, 3.63) is 284 Å². The molecule has 0 atom stereocenters. The summed E-state index contributed by atoms with van der Waals surface area (Å²) in [5, 5.41) is 24.6. The summed E-state index contributed by atoms with van der Waals surface area (Å²) in [5.74, 6) is 0.660. The van der Waals surface area contributed by atoms with Gasteiger partial charge < -0.3 is 13.8 Å². The maximum absolute atomic E-state index is 6.62. The summed E-state index contributed by atoms with van der Waals surface area (Å²) >= 11 is 13.4. The lowest BCUT2D eigenvalue weighted by Gasteiger charge is -2.12. The minimum atomic E-state index is 0.247. The molecule has 1 N–H and O–H groups in total. The molecule has 13 heteroatoms. The van der Waals surface area contributed by atoms with Gasteiger partial charge in [-0.1, -0.05) is 218 Å². The second kappa shape index (κ2) is 22.1. The van der Waals surface area contributed by atoms with Gasteiger partial charge in [0, 0.05) is 122 Å². The van der Waals surface area contributed by atoms with E-state index in [-0.39, 0.29) is 5.28 Å². The van der Waals surface area contributed by atoms with Gasteiger partial charge in [-0.15, -0.1) is 45.3 Å². The van der Waals surface area contributed by atoms with Crippen LogP contribution in [0.25, 0.3) is 218 Å². The van der Waals surface area contributed by atoms with Crippen LogP contribution in [0.4, 0.5) is 0 Å². The Bertz CT molecular complexity index is 7550. The minimum absolute atomic E-state index is 0.247. The van der Waals surface area contributed by atoms with Crippen molar-refractivity contribution in [1.82, 2.24) is 29.5 Å². The predicted octanol–water partition coefficient (Wildman–Crippen LogP) is 26.9. The smallest absolute Gasteiger partial charge is 0.236 e. The molecule has 0 bridgehead atoms. The summed E-state index contributed by atoms with van der Waals surface area (Å²) in [6.07, 6.45) is 0. The quantitative estimate of drug-likeness (QED) is 0.177. The first-order chi connectivity index (χ1) is 50.0. The first-order valence-corrected chi connectivity index (χ1v) is 37.0. The van der Waals surface area contributed by atoms with Gasteiger partial charge >= 0.3 is 0 Å². The molecule has 24 aromatic rings. The normalized spacial score (nSPS) is 12.2. The van der Waals surface area contributed by atoms with E-state index in [1.54, 1.807) is 22.7 Å². The number of para-hydroxylation sites is 6. The molecule has 0 unspecified atom stereocenters. The van der Waals surface area contributed by atoms with E-state index in [1.807, 2.05) is 77.3 Å². The van der Waals surface area contributed by atoms with E-state index in [2.05, 4.69) is 244 Å². The number of furan rings is 2. The van der Waals surface area contributed by atoms with Crippen molar-refractivity contribution in [2.45, 2.75) is 0 Å². The Kier molecular flexibility index (Phi) is 12.5. The van der Waals surface area contributed by atoms with Crippen molar-refractivity contribution in [2.24, 2.45) is 0 Å². The van der Waals surface area contributed by atoms with E-state index in [0.717, 1.165) is 109 Å². The van der Waals surface area contributed by atoms with Gasteiger partial charge in [0.05, 0.1) is 37.3 Å². The number of halogens is 1. The van der Waals surface area contributed by atoms with E-state index in [0.29, 0.717) is 5.95 Å². The van der Waals surface area contributed by atoms with Crippen LogP contribution >= 0.6 is 56.9 Å². The molecule has 0 saturated heterocycles. The molecule has 0 spiro atoms. The van der Waals surface area contributed by atoms with E-state index in [9.17, 15) is 0 Å². The fraction of sp³-hybridized carbons (Fsp3) is 0. The summed E-state index contributed by atoms with van der Waals surface area (Å²) in [6.45, 7) is 0. The Morgan fingerprint density at radius 1 is 0.307 bits per heavy atom. The Morgan fingerprint density at radius 3 is 1.29 bits per heavy atom. The van der Waals surface area contributed by atoms with Crippen molar-refractivity contribution < 1.29 is 8.83 Å². The second-order valence-electron chi connectivity index (χ2n) is 25.5. The molecule has 10 heterocycles. The Hall–Kier alpha value is -11.9. The summed E-state index contributed by atoms with van der Waals surface area (Å²) in [7, 11) is 0. The highest BCUT2D eigenvalue weighted by Gasteiger charge is 2.27. The standard InChI is InChI=1S/C44H23N3OS2.C22H11ClN2OS.C22H13NS/c1-2-14-26-25(13-1)36-28-15-3-7-20-32(28)47(40(36)42-37(26)29-16-5-9-22-34(29)49-42)44-45-39(38-30-17-6-10-23-35(30)50-43(38)46-44)31-19-11-18-27-24-12-4-8-21-33(24)48-41(27)31;23-22-24-19(18-14-7-2-4-11-17(14)27-21(18)25-22)15-9-5-8-13-12-6-1-3-10-16(12)26-20(13)15;1-2-8-14-13(7-1)19-15-9-3-5-11-17(15)23-21(19)22-20(14)16-10-4-6-12-18(16)24-22/h1-23H;1-11H;1-12,23H. The van der Waals surface area contributed by atoms with Crippen LogP contribution in [0.2, 0.25) is 5.28 Å². The molecule has 0 aliphatic heterocycles. The van der Waals surface area contributed by atoms with Crippen molar-refractivity contribution in [2.75, 3.05) is 0 Å². The molecule has 0 aliphatic rings. The topological polar surface area (TPSA) is 98.6 Å². The van der Waals surface area contributed by atoms with Gasteiger partial charge in [-0.3, -0.25) is 4.57 Å². The predicted molar refractivity (Wildman–Crippen MR) is 431 cm³/mol. The van der Waals surface area contributed by atoms with Crippen LogP contribution in [-0.2, 0) is 0 Å². The zero-order valence-corrected chi connectivity index (χ0v) is 57.1. The molecule has 14 aromatic carbocycles. The number of H-pyrrole nitrogens is 1. The molecule has 10 aromatic heterocycles. The summed E-state index contributed by atoms with van der Waals surface area (Å²) < 4.78 is 22.7. The SMILES string of the molecule is Clc1nc(-c2cccc3c2oc2ccccc23)c2c(n1)sc1ccccc12.c1ccc2c(c1)[nH]c1c3sc4ccccc4c3c3ccccc3c21.c1ccc2c(c1)oc1c(-c3nc(-n4c5ccccc5c5c6ccccc6c6c7ccccc7sc6c54)nc4sc5ccccc5c34)cccc12. The number of nitrogens with zero attached hydrogens (tertiary/aromatic N) is 5. The van der Waals surface area contributed by atoms with E-state index < -0.39 is 0 Å². The van der Waals surface area contributed by atoms with E-state index in [4.69, 9.17) is 30.4 Å². The number of fused-ring (bicyclic) bond motifs is 32. The number of rotatable bonds is 3. The number of thiophene rings is 4. The number of aromatic nitrogens is 6. The number of hydrogen-bond donors (Lipinski definition) is 1. The van der Waals surface area contributed by atoms with Crippen LogP contribution in [0.15, 0.2) is 288 Å². The van der Waals surface area contributed by atoms with Crippen LogP contribution in [0, 0.1) is 0 Å². The first kappa shape index (κ1) is 57.1. The van der Waals surface area contributed by atoms with Gasteiger partial charge in [0.25, 0.3) is 0 Å².